The smallest absolute Gasteiger partial charge is 0.237 e. The summed E-state index contributed by atoms with van der Waals surface area (Å²) in [4.78, 5) is 6.65. The van der Waals surface area contributed by atoms with Crippen molar-refractivity contribution in [3.63, 3.8) is 0 Å². The van der Waals surface area contributed by atoms with Crippen molar-refractivity contribution in [3.05, 3.63) is 113 Å². The first kappa shape index (κ1) is 19.3. The van der Waals surface area contributed by atoms with Gasteiger partial charge < -0.3 is 14.7 Å². The molecule has 0 bridgehead atoms. The van der Waals surface area contributed by atoms with Crippen molar-refractivity contribution in [2.75, 3.05) is 12.1 Å². The third kappa shape index (κ3) is 3.24. The van der Waals surface area contributed by atoms with Gasteiger partial charge in [-0.1, -0.05) is 54.6 Å². The van der Waals surface area contributed by atoms with E-state index in [1.807, 2.05) is 66.7 Å². The molecular weight excluding hydrogens is 412 g/mol. The van der Waals surface area contributed by atoms with Crippen LogP contribution in [0, 0.1) is 0 Å². The van der Waals surface area contributed by atoms with Crippen LogP contribution in [0.3, 0.4) is 0 Å². The fourth-order valence-corrected chi connectivity index (χ4v) is 4.39. The molecule has 0 spiro atoms. The van der Waals surface area contributed by atoms with Gasteiger partial charge in [0.15, 0.2) is 0 Å². The summed E-state index contributed by atoms with van der Waals surface area (Å²) < 4.78 is 5.29. The summed E-state index contributed by atoms with van der Waals surface area (Å²) >= 11 is 0. The molecule has 6 nitrogen and oxygen atoms in total. The Hall–Kier alpha value is -4.45. The lowest BCUT2D eigenvalue weighted by Gasteiger charge is -2.25. The maximum absolute atomic E-state index is 11.4. The number of hydrazine groups is 1. The van der Waals surface area contributed by atoms with Gasteiger partial charge in [-0.3, -0.25) is 10.4 Å². The Labute approximate surface area is 191 Å². The number of ether oxygens (including phenoxy) is 1. The predicted molar refractivity (Wildman–Crippen MR) is 129 cm³/mol. The zero-order valence-corrected chi connectivity index (χ0v) is 18.1. The fourth-order valence-electron chi connectivity index (χ4n) is 4.39. The SMILES string of the molecule is COc1ccc(CN2C=c3ccccc3=C3NN(c4cnc5ccccc5c4)C(O)=C32)cc1. The lowest BCUT2D eigenvalue weighted by Crippen LogP contribution is -2.40. The number of aromatic nitrogens is 1. The van der Waals surface area contributed by atoms with E-state index in [1.165, 1.54) is 0 Å². The number of nitrogens with zero attached hydrogens (tertiary/aromatic N) is 3. The van der Waals surface area contributed by atoms with E-state index in [-0.39, 0.29) is 5.88 Å². The van der Waals surface area contributed by atoms with Crippen LogP contribution < -0.4 is 25.6 Å². The molecule has 33 heavy (non-hydrogen) atoms. The molecule has 2 aliphatic rings. The number of hydrogen-bond donors (Lipinski definition) is 2. The number of aliphatic hydroxyl groups is 1. The molecular formula is C27H22N4O2. The zero-order valence-electron chi connectivity index (χ0n) is 18.1. The van der Waals surface area contributed by atoms with Crippen molar-refractivity contribution in [2.24, 2.45) is 0 Å². The third-order valence-corrected chi connectivity index (χ3v) is 6.04. The van der Waals surface area contributed by atoms with Gasteiger partial charge >= 0.3 is 0 Å². The van der Waals surface area contributed by atoms with Crippen LogP contribution in [0.25, 0.3) is 22.8 Å². The molecule has 0 atom stereocenters. The summed E-state index contributed by atoms with van der Waals surface area (Å²) in [6.45, 7) is 0.604. The average molecular weight is 434 g/mol. The quantitative estimate of drug-likeness (QED) is 0.514. The van der Waals surface area contributed by atoms with Gasteiger partial charge in [0.1, 0.15) is 11.4 Å². The number of hydrogen-bond acceptors (Lipinski definition) is 6. The molecule has 162 valence electrons. The van der Waals surface area contributed by atoms with Gasteiger partial charge in [-0.05, 0) is 29.8 Å². The number of methoxy groups -OCH3 is 1. The number of aliphatic hydroxyl groups excluding tert-OH is 1. The highest BCUT2D eigenvalue weighted by molar-refractivity contribution is 5.83. The summed E-state index contributed by atoms with van der Waals surface area (Å²) in [6.07, 6.45) is 3.85. The van der Waals surface area contributed by atoms with E-state index in [0.717, 1.165) is 49.7 Å². The average Bonchev–Trinajstić information content (AvgIpc) is 3.22. The van der Waals surface area contributed by atoms with Gasteiger partial charge in [-0.25, -0.2) is 5.01 Å². The molecule has 0 amide bonds. The van der Waals surface area contributed by atoms with Crippen LogP contribution in [0.4, 0.5) is 5.69 Å². The Kier molecular flexibility index (Phi) is 4.43. The van der Waals surface area contributed by atoms with E-state index >= 15 is 0 Å². The van der Waals surface area contributed by atoms with Crippen molar-refractivity contribution < 1.29 is 9.84 Å². The number of para-hydroxylation sites is 1. The Morgan fingerprint density at radius 2 is 1.76 bits per heavy atom. The molecule has 6 heteroatoms. The number of anilines is 1. The van der Waals surface area contributed by atoms with Gasteiger partial charge in [-0.2, -0.15) is 0 Å². The van der Waals surface area contributed by atoms with Crippen LogP contribution in [0.1, 0.15) is 5.56 Å². The molecule has 3 heterocycles. The number of fused-ring (bicyclic) bond motifs is 3. The standard InChI is InChI=1S/C27H22N4O2/c1-33-22-12-10-18(11-13-22)16-30-17-20-7-2-4-8-23(20)25-26(30)27(32)31(29-25)21-14-19-6-3-5-9-24(19)28-15-21/h2-15,17,29,32H,16H2,1H3. The summed E-state index contributed by atoms with van der Waals surface area (Å²) in [7, 11) is 1.66. The van der Waals surface area contributed by atoms with Crippen LogP contribution in [0.5, 0.6) is 5.75 Å². The van der Waals surface area contributed by atoms with Crippen LogP contribution in [0.2, 0.25) is 0 Å². The van der Waals surface area contributed by atoms with E-state index in [2.05, 4.69) is 33.6 Å². The number of rotatable bonds is 4. The minimum Gasteiger partial charge on any atom is -0.497 e. The molecule has 6 rings (SSSR count). The minimum absolute atomic E-state index is 0.140. The highest BCUT2D eigenvalue weighted by Gasteiger charge is 2.33. The summed E-state index contributed by atoms with van der Waals surface area (Å²) in [6, 6.07) is 26.1. The van der Waals surface area contributed by atoms with Gasteiger partial charge in [0.2, 0.25) is 5.88 Å². The largest absolute Gasteiger partial charge is 0.497 e. The van der Waals surface area contributed by atoms with E-state index in [0.29, 0.717) is 6.54 Å². The lowest BCUT2D eigenvalue weighted by molar-refractivity contribution is 0.367. The van der Waals surface area contributed by atoms with Gasteiger partial charge in [-0.15, -0.1) is 0 Å². The monoisotopic (exact) mass is 434 g/mol. The van der Waals surface area contributed by atoms with Crippen molar-refractivity contribution in [1.82, 2.24) is 15.3 Å². The van der Waals surface area contributed by atoms with Crippen LogP contribution >= 0.6 is 0 Å². The summed E-state index contributed by atoms with van der Waals surface area (Å²) in [5.41, 5.74) is 7.81. The van der Waals surface area contributed by atoms with Crippen LogP contribution in [-0.4, -0.2) is 22.1 Å². The fraction of sp³-hybridized carbons (Fsp3) is 0.0741. The summed E-state index contributed by atoms with van der Waals surface area (Å²) in [5.74, 6) is 0.958. The van der Waals surface area contributed by atoms with Gasteiger partial charge in [0.25, 0.3) is 0 Å². The highest BCUT2D eigenvalue weighted by atomic mass is 16.5. The number of nitrogens with one attached hydrogen (secondary N) is 1. The zero-order chi connectivity index (χ0) is 22.4. The molecule has 4 aromatic rings. The molecule has 0 fully saturated rings. The molecule has 0 unspecified atom stereocenters. The highest BCUT2D eigenvalue weighted by Crippen LogP contribution is 2.33. The molecule has 0 saturated heterocycles. The predicted octanol–water partition coefficient (Wildman–Crippen LogP) is 3.36. The Morgan fingerprint density at radius 1 is 0.970 bits per heavy atom. The van der Waals surface area contributed by atoms with Gasteiger partial charge in [0.05, 0.1) is 30.2 Å². The first-order valence-corrected chi connectivity index (χ1v) is 10.8. The van der Waals surface area contributed by atoms with Crippen molar-refractivity contribution in [1.29, 1.82) is 0 Å². The van der Waals surface area contributed by atoms with Crippen molar-refractivity contribution in [3.8, 4) is 5.75 Å². The maximum atomic E-state index is 11.4. The van der Waals surface area contributed by atoms with E-state index in [4.69, 9.17) is 4.74 Å². The van der Waals surface area contributed by atoms with Crippen LogP contribution in [-0.2, 0) is 6.54 Å². The van der Waals surface area contributed by atoms with Crippen LogP contribution in [0.15, 0.2) is 96.6 Å². The second kappa shape index (κ2) is 7.60. The number of benzene rings is 3. The Morgan fingerprint density at radius 3 is 2.61 bits per heavy atom. The number of pyridine rings is 1. The van der Waals surface area contributed by atoms with Gasteiger partial charge in [0, 0.05) is 28.6 Å². The van der Waals surface area contributed by atoms with E-state index in [9.17, 15) is 5.11 Å². The second-order valence-corrected chi connectivity index (χ2v) is 8.07. The molecule has 1 aromatic heterocycles. The maximum Gasteiger partial charge on any atom is 0.237 e. The first-order valence-electron chi connectivity index (χ1n) is 10.8. The van der Waals surface area contributed by atoms with E-state index in [1.54, 1.807) is 18.3 Å². The topological polar surface area (TPSA) is 60.9 Å². The van der Waals surface area contributed by atoms with Crippen molar-refractivity contribution >= 4 is 28.5 Å². The Balaban J connectivity index is 1.46. The Bertz CT molecular complexity index is 1530. The third-order valence-electron chi connectivity index (χ3n) is 6.04. The summed E-state index contributed by atoms with van der Waals surface area (Å²) in [5, 5.41) is 16.2. The van der Waals surface area contributed by atoms with Crippen molar-refractivity contribution in [2.45, 2.75) is 6.54 Å². The molecule has 0 saturated carbocycles. The molecule has 2 N–H and O–H groups in total. The molecule has 2 aliphatic heterocycles. The molecule has 0 aliphatic carbocycles. The first-order chi connectivity index (χ1) is 16.2. The lowest BCUT2D eigenvalue weighted by atomic mass is 10.1. The minimum atomic E-state index is 0.140. The second-order valence-electron chi connectivity index (χ2n) is 8.07. The normalized spacial score (nSPS) is 14.6. The molecule has 3 aromatic carbocycles. The molecule has 0 radical (unpaired) electrons. The van der Waals surface area contributed by atoms with E-state index < -0.39 is 0 Å².